The Hall–Kier alpha value is -2.76. The van der Waals surface area contributed by atoms with E-state index in [4.69, 9.17) is 32.0 Å². The van der Waals surface area contributed by atoms with Gasteiger partial charge in [0.2, 0.25) is 5.89 Å². The highest BCUT2D eigenvalue weighted by atomic mass is 35.5. The lowest BCUT2D eigenvalue weighted by Gasteiger charge is -2.01. The number of nitrogens with zero attached hydrogens (tertiary/aromatic N) is 1. The summed E-state index contributed by atoms with van der Waals surface area (Å²) in [4.78, 5) is 16.5. The first-order valence-corrected chi connectivity index (χ1v) is 8.06. The Morgan fingerprint density at radius 2 is 1.96 bits per heavy atom. The molecular weight excluding hydrogens is 363 g/mol. The number of benzene rings is 2. The van der Waals surface area contributed by atoms with Crippen LogP contribution in [0.15, 0.2) is 63.6 Å². The lowest BCUT2D eigenvalue weighted by Crippen LogP contribution is -2.10. The largest absolute Gasteiger partial charge is 0.459 e. The van der Waals surface area contributed by atoms with E-state index in [9.17, 15) is 4.79 Å². The molecule has 0 saturated heterocycles. The van der Waals surface area contributed by atoms with E-state index in [1.54, 1.807) is 48.5 Å². The number of nitrogens with one attached hydrogen (secondary N) is 1. The normalized spacial score (nSPS) is 11.0. The van der Waals surface area contributed by atoms with Gasteiger partial charge in [0, 0.05) is 10.7 Å². The molecule has 124 valence electrons. The molecule has 2 aromatic carbocycles. The lowest BCUT2D eigenvalue weighted by atomic mass is 10.2. The van der Waals surface area contributed by atoms with Crippen molar-refractivity contribution in [3.63, 3.8) is 0 Å². The zero-order chi connectivity index (χ0) is 17.4. The Morgan fingerprint density at radius 1 is 1.08 bits per heavy atom. The molecule has 0 radical (unpaired) electrons. The quantitative estimate of drug-likeness (QED) is 0.504. The first kappa shape index (κ1) is 15.7. The first-order chi connectivity index (χ1) is 12.1. The topological polar surface area (TPSA) is 68.3 Å². The standard InChI is InChI=1S/C18H10Cl2N2O3/c19-10-3-5-12(13(20)8-10)18-22-14-9-11(4-6-15(14)25-18)21-17(23)16-2-1-7-24-16/h1-9H,(H,21,23). The summed E-state index contributed by atoms with van der Waals surface area (Å²) in [6, 6.07) is 13.5. The molecule has 4 rings (SSSR count). The Labute approximate surface area is 152 Å². The van der Waals surface area contributed by atoms with Crippen LogP contribution in [-0.2, 0) is 0 Å². The Bertz CT molecular complexity index is 1070. The van der Waals surface area contributed by atoms with Gasteiger partial charge in [0.15, 0.2) is 11.3 Å². The first-order valence-electron chi connectivity index (χ1n) is 7.31. The van der Waals surface area contributed by atoms with Crippen LogP contribution in [0.3, 0.4) is 0 Å². The molecule has 0 unspecified atom stereocenters. The molecule has 0 aliphatic carbocycles. The number of hydrogen-bond acceptors (Lipinski definition) is 4. The molecule has 0 spiro atoms. The van der Waals surface area contributed by atoms with Gasteiger partial charge in [-0.1, -0.05) is 23.2 Å². The highest BCUT2D eigenvalue weighted by Gasteiger charge is 2.14. The number of halogens is 2. The van der Waals surface area contributed by atoms with Crippen molar-refractivity contribution >= 4 is 45.9 Å². The van der Waals surface area contributed by atoms with Crippen molar-refractivity contribution in [3.8, 4) is 11.5 Å². The van der Waals surface area contributed by atoms with E-state index in [0.717, 1.165) is 0 Å². The van der Waals surface area contributed by atoms with Crippen molar-refractivity contribution in [2.24, 2.45) is 0 Å². The van der Waals surface area contributed by atoms with E-state index < -0.39 is 0 Å². The molecule has 0 fully saturated rings. The summed E-state index contributed by atoms with van der Waals surface area (Å²) in [5.74, 6) is 0.272. The predicted molar refractivity (Wildman–Crippen MR) is 96.1 cm³/mol. The predicted octanol–water partition coefficient (Wildman–Crippen LogP) is 5.65. The molecule has 0 aliphatic heterocycles. The number of amides is 1. The fraction of sp³-hybridized carbons (Fsp3) is 0. The van der Waals surface area contributed by atoms with Crippen LogP contribution >= 0.6 is 23.2 Å². The second kappa shape index (κ2) is 6.27. The number of oxazole rings is 1. The zero-order valence-electron chi connectivity index (χ0n) is 12.6. The Kier molecular flexibility index (Phi) is 3.95. The minimum absolute atomic E-state index is 0.230. The van der Waals surface area contributed by atoms with Crippen LogP contribution in [0, 0.1) is 0 Å². The fourth-order valence-electron chi connectivity index (χ4n) is 2.38. The minimum Gasteiger partial charge on any atom is -0.459 e. The van der Waals surface area contributed by atoms with E-state index in [1.807, 2.05) is 0 Å². The third-order valence-electron chi connectivity index (χ3n) is 3.55. The molecule has 0 atom stereocenters. The molecule has 0 saturated carbocycles. The summed E-state index contributed by atoms with van der Waals surface area (Å²) < 4.78 is 10.8. The molecule has 0 bridgehead atoms. The number of carbonyl (C=O) groups is 1. The molecule has 1 N–H and O–H groups in total. The number of aromatic nitrogens is 1. The molecule has 7 heteroatoms. The van der Waals surface area contributed by atoms with Gasteiger partial charge in [0.05, 0.1) is 16.8 Å². The van der Waals surface area contributed by atoms with E-state index in [1.165, 1.54) is 6.26 Å². The maximum Gasteiger partial charge on any atom is 0.291 e. The zero-order valence-corrected chi connectivity index (χ0v) is 14.1. The number of anilines is 1. The van der Waals surface area contributed by atoms with E-state index in [2.05, 4.69) is 10.3 Å². The molecule has 2 heterocycles. The molecule has 1 amide bonds. The van der Waals surface area contributed by atoms with Gasteiger partial charge in [0.25, 0.3) is 5.91 Å². The van der Waals surface area contributed by atoms with Crippen molar-refractivity contribution in [2.45, 2.75) is 0 Å². The number of carbonyl (C=O) groups excluding carboxylic acids is 1. The summed E-state index contributed by atoms with van der Waals surface area (Å²) in [5.41, 5.74) is 2.40. The molecule has 5 nitrogen and oxygen atoms in total. The van der Waals surface area contributed by atoms with E-state index in [0.29, 0.717) is 38.3 Å². The SMILES string of the molecule is O=C(Nc1ccc2oc(-c3ccc(Cl)cc3Cl)nc2c1)c1ccco1. The summed E-state index contributed by atoms with van der Waals surface area (Å²) in [5, 5.41) is 3.73. The summed E-state index contributed by atoms with van der Waals surface area (Å²) >= 11 is 12.1. The summed E-state index contributed by atoms with van der Waals surface area (Å²) in [7, 11) is 0. The van der Waals surface area contributed by atoms with Crippen LogP contribution in [0.4, 0.5) is 5.69 Å². The second-order valence-corrected chi connectivity index (χ2v) is 6.10. The van der Waals surface area contributed by atoms with Crippen LogP contribution in [0.1, 0.15) is 10.6 Å². The average molecular weight is 373 g/mol. The van der Waals surface area contributed by atoms with Gasteiger partial charge >= 0.3 is 0 Å². The third kappa shape index (κ3) is 3.12. The van der Waals surface area contributed by atoms with Crippen LogP contribution in [0.5, 0.6) is 0 Å². The Morgan fingerprint density at radius 3 is 2.72 bits per heavy atom. The highest BCUT2D eigenvalue weighted by molar-refractivity contribution is 6.36. The van der Waals surface area contributed by atoms with Crippen LogP contribution in [0.25, 0.3) is 22.6 Å². The molecule has 4 aromatic rings. The maximum absolute atomic E-state index is 12.0. The Balaban J connectivity index is 1.66. The van der Waals surface area contributed by atoms with Crippen molar-refractivity contribution in [2.75, 3.05) is 5.32 Å². The van der Waals surface area contributed by atoms with Crippen molar-refractivity contribution < 1.29 is 13.6 Å². The minimum atomic E-state index is -0.339. The summed E-state index contributed by atoms with van der Waals surface area (Å²) in [6.07, 6.45) is 1.44. The molecule has 2 aromatic heterocycles. The van der Waals surface area contributed by atoms with Gasteiger partial charge < -0.3 is 14.2 Å². The monoisotopic (exact) mass is 372 g/mol. The van der Waals surface area contributed by atoms with Crippen molar-refractivity contribution in [3.05, 3.63) is 70.6 Å². The summed E-state index contributed by atoms with van der Waals surface area (Å²) in [6.45, 7) is 0. The smallest absolute Gasteiger partial charge is 0.291 e. The average Bonchev–Trinajstić information content (AvgIpc) is 3.24. The van der Waals surface area contributed by atoms with Gasteiger partial charge in [0.1, 0.15) is 5.52 Å². The number of fused-ring (bicyclic) bond motifs is 1. The van der Waals surface area contributed by atoms with E-state index >= 15 is 0 Å². The van der Waals surface area contributed by atoms with Gasteiger partial charge in [-0.15, -0.1) is 0 Å². The van der Waals surface area contributed by atoms with E-state index in [-0.39, 0.29) is 11.7 Å². The number of hydrogen-bond donors (Lipinski definition) is 1. The van der Waals surface area contributed by atoms with Gasteiger partial charge in [-0.05, 0) is 48.5 Å². The van der Waals surface area contributed by atoms with Gasteiger partial charge in [-0.25, -0.2) is 4.98 Å². The van der Waals surface area contributed by atoms with Crippen molar-refractivity contribution in [1.29, 1.82) is 0 Å². The van der Waals surface area contributed by atoms with Crippen LogP contribution in [0.2, 0.25) is 10.0 Å². The molecule has 0 aliphatic rings. The highest BCUT2D eigenvalue weighted by Crippen LogP contribution is 2.32. The van der Waals surface area contributed by atoms with Crippen molar-refractivity contribution in [1.82, 2.24) is 4.98 Å². The molecular formula is C18H10Cl2N2O3. The lowest BCUT2D eigenvalue weighted by molar-refractivity contribution is 0.0996. The second-order valence-electron chi connectivity index (χ2n) is 5.26. The third-order valence-corrected chi connectivity index (χ3v) is 4.10. The fourth-order valence-corrected chi connectivity index (χ4v) is 2.87. The van der Waals surface area contributed by atoms with Gasteiger partial charge in [-0.2, -0.15) is 0 Å². The molecule has 25 heavy (non-hydrogen) atoms. The maximum atomic E-state index is 12.0. The van der Waals surface area contributed by atoms with Crippen LogP contribution in [-0.4, -0.2) is 10.9 Å². The van der Waals surface area contributed by atoms with Crippen LogP contribution < -0.4 is 5.32 Å². The number of rotatable bonds is 3. The number of furan rings is 1. The van der Waals surface area contributed by atoms with Gasteiger partial charge in [-0.3, -0.25) is 4.79 Å².